The Kier molecular flexibility index (Phi) is 18.7. The summed E-state index contributed by atoms with van der Waals surface area (Å²) in [4.78, 5) is 41.7. The molecule has 2 aliphatic rings. The van der Waals surface area contributed by atoms with Crippen LogP contribution < -0.4 is 0 Å². The molecule has 0 spiro atoms. The quantitative estimate of drug-likeness (QED) is 0.0710. The summed E-state index contributed by atoms with van der Waals surface area (Å²) in [6, 6.07) is 46.5. The number of H-pyrrole nitrogens is 2. The van der Waals surface area contributed by atoms with Crippen molar-refractivity contribution in [2.45, 2.75) is 132 Å². The SMILES string of the molecule is CCCCC1=C(C)c2nc1cc1[nH]c(c(C)c1CCCC)c(-c1cc(-c3ccc(-c4cccs4)s3)sc1-c1ccc(-c3cccs3)s1)c1nc(cc3[nH]c(c(C)c3CCCC)c2-c2cc(-c3ccc(-c4cccs4)s3)sc2-c2ccc(-c3cccs3)s2)C(CCCC)=C1C. The molecule has 4 nitrogen and oxygen atoms in total. The maximum atomic E-state index is 6.14. The third kappa shape index (κ3) is 12.0. The zero-order chi connectivity index (χ0) is 64.1. The lowest BCUT2D eigenvalue weighted by Gasteiger charge is -2.09. The number of allylic oxidation sites excluding steroid dienone is 4. The van der Waals surface area contributed by atoms with Crippen molar-refractivity contribution in [3.63, 3.8) is 0 Å². The van der Waals surface area contributed by atoms with Crippen molar-refractivity contribution < 1.29 is 0 Å². The number of nitrogens with one attached hydrogen (secondary N) is 2. The van der Waals surface area contributed by atoms with Crippen molar-refractivity contribution in [2.75, 3.05) is 0 Å². The minimum Gasteiger partial charge on any atom is -0.354 e. The van der Waals surface area contributed by atoms with E-state index >= 15 is 0 Å². The van der Waals surface area contributed by atoms with Crippen LogP contribution in [0.5, 0.6) is 0 Å². The molecule has 2 aliphatic heterocycles. The van der Waals surface area contributed by atoms with E-state index in [1.807, 2.05) is 113 Å². The maximum absolute atomic E-state index is 6.14. The first-order valence-electron chi connectivity index (χ1n) is 33.1. The number of thiophene rings is 10. The van der Waals surface area contributed by atoms with Crippen LogP contribution in [0.4, 0.5) is 0 Å². The molecule has 0 atom stereocenters. The standard InChI is InChI=1S/C80H74N4S10/c1-9-13-21-49-45(5)75-73(53-41-71(67-31-29-63(89-67)59-25-17-37-85-59)93-79(53)69-35-33-65(91-69)61-27-19-39-87-61)76-47(7)51(23-15-11-3)57(83-76)44-58-52(24-16-12-4)48(8)78(84-58)74(77-46(6)50(22-14-10-2)56(82-77)43-55(49)81-75)54-42-72(68-32-30-64(90-68)60-26-18-38-86-60)94-80(54)70-36-34-66(92-70)62-28-20-40-88-62/h17-20,25-44,81,84H,9-16,21-24H2,1-8H3. The number of aromatic nitrogens is 4. The highest BCUT2D eigenvalue weighted by Gasteiger charge is 2.31. The van der Waals surface area contributed by atoms with E-state index in [0.29, 0.717) is 0 Å². The van der Waals surface area contributed by atoms with Crippen LogP contribution in [0.3, 0.4) is 0 Å². The van der Waals surface area contributed by atoms with E-state index in [2.05, 4.69) is 208 Å². The van der Waals surface area contributed by atoms with Gasteiger partial charge in [0.2, 0.25) is 0 Å². The molecule has 0 radical (unpaired) electrons. The van der Waals surface area contributed by atoms with E-state index in [9.17, 15) is 0 Å². The zero-order valence-corrected chi connectivity index (χ0v) is 62.5. The predicted octanol–water partition coefficient (Wildman–Crippen LogP) is 29.1. The second-order valence-corrected chi connectivity index (χ2v) is 34.9. The Morgan fingerprint density at radius 1 is 0.340 bits per heavy atom. The lowest BCUT2D eigenvalue weighted by atomic mass is 9.93. The van der Waals surface area contributed by atoms with E-state index in [1.165, 1.54) is 145 Å². The smallest absolute Gasteiger partial charge is 0.0769 e. The Morgan fingerprint density at radius 2 is 0.660 bits per heavy atom. The zero-order valence-electron chi connectivity index (χ0n) is 54.3. The van der Waals surface area contributed by atoms with Crippen LogP contribution in [0, 0.1) is 13.8 Å². The van der Waals surface area contributed by atoms with Crippen LogP contribution in [0.25, 0.3) is 145 Å². The molecule has 0 saturated carbocycles. The number of aryl methyl sites for hydroxylation is 4. The fourth-order valence-corrected chi connectivity index (χ4v) is 23.7. The topological polar surface area (TPSA) is 57.4 Å². The number of rotatable bonds is 22. The minimum atomic E-state index is 0.941. The first kappa shape index (κ1) is 63.6. The Morgan fingerprint density at radius 3 is 0.989 bits per heavy atom. The summed E-state index contributed by atoms with van der Waals surface area (Å²) in [5.74, 6) is 0. The van der Waals surface area contributed by atoms with Gasteiger partial charge >= 0.3 is 0 Å². The van der Waals surface area contributed by atoms with Gasteiger partial charge in [0.25, 0.3) is 0 Å². The number of hydrogen-bond acceptors (Lipinski definition) is 12. The third-order valence-electron chi connectivity index (χ3n) is 18.6. The van der Waals surface area contributed by atoms with Crippen molar-refractivity contribution >= 4 is 158 Å². The molecule has 14 heteroatoms. The van der Waals surface area contributed by atoms with Gasteiger partial charge in [-0.05, 0) is 242 Å². The lowest BCUT2D eigenvalue weighted by Crippen LogP contribution is -1.90. The van der Waals surface area contributed by atoms with E-state index in [-0.39, 0.29) is 0 Å². The van der Waals surface area contributed by atoms with Gasteiger partial charge in [0, 0.05) is 102 Å². The summed E-state index contributed by atoms with van der Waals surface area (Å²) in [7, 11) is 0. The molecule has 13 aromatic heterocycles. The van der Waals surface area contributed by atoms with Crippen LogP contribution in [-0.4, -0.2) is 19.9 Å². The number of aromatic amines is 2. The predicted molar refractivity (Wildman–Crippen MR) is 425 cm³/mol. The molecule has 8 bridgehead atoms. The van der Waals surface area contributed by atoms with Gasteiger partial charge < -0.3 is 9.97 Å². The van der Waals surface area contributed by atoms with Gasteiger partial charge in [0.05, 0.1) is 43.6 Å². The van der Waals surface area contributed by atoms with E-state index in [4.69, 9.17) is 9.97 Å². The van der Waals surface area contributed by atoms with Crippen molar-refractivity contribution in [2.24, 2.45) is 0 Å². The summed E-state index contributed by atoms with van der Waals surface area (Å²) >= 11 is 18.8. The van der Waals surface area contributed by atoms with Crippen LogP contribution in [0.1, 0.15) is 151 Å². The van der Waals surface area contributed by atoms with Gasteiger partial charge in [-0.25, -0.2) is 9.97 Å². The maximum Gasteiger partial charge on any atom is 0.0769 e. The average molecular weight is 1410 g/mol. The monoisotopic (exact) mass is 1410 g/mol. The highest BCUT2D eigenvalue weighted by atomic mass is 32.1. The first-order valence-corrected chi connectivity index (χ1v) is 41.5. The lowest BCUT2D eigenvalue weighted by molar-refractivity contribution is 0.796. The normalized spacial score (nSPS) is 12.7. The van der Waals surface area contributed by atoms with Crippen LogP contribution in [0.2, 0.25) is 0 Å². The molecule has 15 heterocycles. The number of nitrogens with zero attached hydrogens (tertiary/aromatic N) is 2. The Balaban J connectivity index is 1.07. The summed E-state index contributed by atoms with van der Waals surface area (Å²) < 4.78 is 0. The largest absolute Gasteiger partial charge is 0.354 e. The summed E-state index contributed by atoms with van der Waals surface area (Å²) in [5.41, 5.74) is 24.3. The van der Waals surface area contributed by atoms with Crippen molar-refractivity contribution in [3.8, 4) is 100 Å². The highest BCUT2D eigenvalue weighted by Crippen LogP contribution is 2.55. The Hall–Kier alpha value is -6.40. The fraction of sp³-hybridized carbons (Fsp3) is 0.250. The Bertz CT molecular complexity index is 4800. The molecular weight excluding hydrogens is 1340 g/mol. The van der Waals surface area contributed by atoms with E-state index < -0.39 is 0 Å². The van der Waals surface area contributed by atoms with Crippen molar-refractivity contribution in [1.29, 1.82) is 0 Å². The van der Waals surface area contributed by atoms with Crippen LogP contribution in [0.15, 0.2) is 143 Å². The molecule has 0 fully saturated rings. The molecule has 474 valence electrons. The van der Waals surface area contributed by atoms with Crippen LogP contribution in [-0.2, 0) is 12.8 Å². The number of fused-ring (bicyclic) bond motifs is 8. The molecule has 0 aromatic carbocycles. The molecule has 0 unspecified atom stereocenters. The molecule has 0 saturated heterocycles. The fourth-order valence-electron chi connectivity index (χ4n) is 13.6. The van der Waals surface area contributed by atoms with Gasteiger partial charge in [-0.15, -0.1) is 113 Å². The summed E-state index contributed by atoms with van der Waals surface area (Å²) in [6.07, 6.45) is 12.5. The second kappa shape index (κ2) is 27.6. The third-order valence-corrected chi connectivity index (χ3v) is 30.2. The number of unbranched alkanes of at least 4 members (excludes halogenated alkanes) is 4. The molecule has 0 amide bonds. The number of hydrogen-bond donors (Lipinski definition) is 2. The summed E-state index contributed by atoms with van der Waals surface area (Å²) in [5, 5.41) is 8.78. The van der Waals surface area contributed by atoms with Crippen molar-refractivity contribution in [3.05, 3.63) is 188 Å². The van der Waals surface area contributed by atoms with E-state index in [1.54, 1.807) is 0 Å². The average Bonchev–Trinajstić information content (AvgIpc) is 1.58. The minimum absolute atomic E-state index is 0.941. The summed E-state index contributed by atoms with van der Waals surface area (Å²) in [6.45, 7) is 18.9. The molecule has 0 aliphatic carbocycles. The van der Waals surface area contributed by atoms with Gasteiger partial charge in [-0.3, -0.25) is 0 Å². The molecule has 94 heavy (non-hydrogen) atoms. The Labute approximate surface area is 592 Å². The van der Waals surface area contributed by atoms with Gasteiger partial charge in [0.1, 0.15) is 0 Å². The van der Waals surface area contributed by atoms with Gasteiger partial charge in [-0.1, -0.05) is 77.6 Å². The van der Waals surface area contributed by atoms with Crippen LogP contribution >= 0.6 is 113 Å². The molecule has 13 aromatic rings. The van der Waals surface area contributed by atoms with Gasteiger partial charge in [-0.2, -0.15) is 0 Å². The molecular formula is C80H74N4S10. The first-order chi connectivity index (χ1) is 46.1. The van der Waals surface area contributed by atoms with Crippen molar-refractivity contribution in [1.82, 2.24) is 19.9 Å². The molecule has 15 rings (SSSR count). The van der Waals surface area contributed by atoms with Gasteiger partial charge in [0.15, 0.2) is 0 Å². The highest BCUT2D eigenvalue weighted by molar-refractivity contribution is 7.31. The second-order valence-electron chi connectivity index (χ2n) is 24.7. The van der Waals surface area contributed by atoms with E-state index in [0.717, 1.165) is 122 Å². The molecule has 2 N–H and O–H groups in total.